The summed E-state index contributed by atoms with van der Waals surface area (Å²) in [4.78, 5) is 10.8. The van der Waals surface area contributed by atoms with Crippen LogP contribution in [0.1, 0.15) is 27.2 Å². The molecule has 0 aliphatic carbocycles. The van der Waals surface area contributed by atoms with Gasteiger partial charge < -0.3 is 4.74 Å². The summed E-state index contributed by atoms with van der Waals surface area (Å²) in [5, 5.41) is -0.168. The van der Waals surface area contributed by atoms with Crippen LogP contribution in [0.3, 0.4) is 0 Å². The van der Waals surface area contributed by atoms with Gasteiger partial charge in [-0.1, -0.05) is 13.8 Å². The maximum atomic E-state index is 10.8. The molecule has 3 heteroatoms. The third kappa shape index (κ3) is 6.08. The van der Waals surface area contributed by atoms with Crippen LogP contribution in [-0.2, 0) is 9.53 Å². The van der Waals surface area contributed by atoms with Crippen LogP contribution in [-0.4, -0.2) is 11.0 Å². The topological polar surface area (TPSA) is 26.3 Å². The fraction of sp³-hybridized carbons (Fsp3) is 0.857. The lowest BCUT2D eigenvalue weighted by atomic mass is 10.1. The van der Waals surface area contributed by atoms with E-state index in [1.54, 1.807) is 6.92 Å². The molecule has 0 aromatic heterocycles. The highest BCUT2D eigenvalue weighted by molar-refractivity contribution is 9.09. The van der Waals surface area contributed by atoms with Crippen molar-refractivity contribution in [3.63, 3.8) is 0 Å². The van der Waals surface area contributed by atoms with Crippen molar-refractivity contribution >= 4 is 21.9 Å². The Labute approximate surface area is 70.1 Å². The van der Waals surface area contributed by atoms with Crippen LogP contribution in [0, 0.1) is 5.92 Å². The number of hydrogen-bond acceptors (Lipinski definition) is 2. The van der Waals surface area contributed by atoms with Crippen molar-refractivity contribution in [3.8, 4) is 0 Å². The molecule has 10 heavy (non-hydrogen) atoms. The van der Waals surface area contributed by atoms with Crippen molar-refractivity contribution in [2.24, 2.45) is 5.92 Å². The number of carbonyl (C=O) groups excluding carboxylic acids is 1. The molecule has 0 saturated heterocycles. The molecule has 0 rings (SSSR count). The number of ether oxygens (including phenoxy) is 1. The first-order valence-corrected chi connectivity index (χ1v) is 4.27. The fourth-order valence-corrected chi connectivity index (χ4v) is 0.771. The second kappa shape index (κ2) is 4.72. The molecule has 0 spiro atoms. The molecule has 0 amide bonds. The van der Waals surface area contributed by atoms with Crippen molar-refractivity contribution < 1.29 is 9.53 Å². The normalized spacial score (nSPS) is 13.3. The van der Waals surface area contributed by atoms with Gasteiger partial charge in [-0.25, -0.2) is 0 Å². The van der Waals surface area contributed by atoms with Gasteiger partial charge in [0, 0.05) is 6.42 Å². The number of alkyl halides is 1. The SMILES string of the molecule is CC(C)CC(=O)O[C@@H](C)Br. The lowest BCUT2D eigenvalue weighted by molar-refractivity contribution is -0.145. The highest BCUT2D eigenvalue weighted by atomic mass is 79.9. The minimum absolute atomic E-state index is 0.139. The number of hydrogen-bond donors (Lipinski definition) is 0. The van der Waals surface area contributed by atoms with E-state index in [-0.39, 0.29) is 11.0 Å². The largest absolute Gasteiger partial charge is 0.451 e. The van der Waals surface area contributed by atoms with Gasteiger partial charge in [0.15, 0.2) is 5.01 Å². The Morgan fingerprint density at radius 1 is 1.50 bits per heavy atom. The van der Waals surface area contributed by atoms with Gasteiger partial charge in [-0.05, 0) is 28.8 Å². The highest BCUT2D eigenvalue weighted by Gasteiger charge is 2.07. The number of rotatable bonds is 3. The molecular formula is C7H13BrO2. The zero-order valence-electron chi connectivity index (χ0n) is 6.56. The van der Waals surface area contributed by atoms with E-state index in [0.29, 0.717) is 12.3 Å². The average molecular weight is 209 g/mol. The lowest BCUT2D eigenvalue weighted by Crippen LogP contribution is -2.11. The van der Waals surface area contributed by atoms with Gasteiger partial charge in [-0.2, -0.15) is 0 Å². The average Bonchev–Trinajstić information content (AvgIpc) is 1.58. The van der Waals surface area contributed by atoms with E-state index in [4.69, 9.17) is 4.74 Å². The molecule has 0 fully saturated rings. The van der Waals surface area contributed by atoms with Crippen molar-refractivity contribution in [1.29, 1.82) is 0 Å². The van der Waals surface area contributed by atoms with E-state index in [1.807, 2.05) is 13.8 Å². The predicted molar refractivity (Wildman–Crippen MR) is 43.9 cm³/mol. The van der Waals surface area contributed by atoms with Gasteiger partial charge in [0.05, 0.1) is 0 Å². The number of carbonyl (C=O) groups is 1. The molecule has 0 N–H and O–H groups in total. The molecular weight excluding hydrogens is 196 g/mol. The van der Waals surface area contributed by atoms with E-state index in [9.17, 15) is 4.79 Å². The Morgan fingerprint density at radius 3 is 2.30 bits per heavy atom. The van der Waals surface area contributed by atoms with Crippen molar-refractivity contribution in [2.75, 3.05) is 0 Å². The molecule has 0 saturated carbocycles. The maximum Gasteiger partial charge on any atom is 0.307 e. The van der Waals surface area contributed by atoms with Crippen molar-refractivity contribution in [3.05, 3.63) is 0 Å². The first kappa shape index (κ1) is 9.95. The van der Waals surface area contributed by atoms with E-state index < -0.39 is 0 Å². The Kier molecular flexibility index (Phi) is 4.69. The van der Waals surface area contributed by atoms with Gasteiger partial charge in [0.25, 0.3) is 0 Å². The van der Waals surface area contributed by atoms with Gasteiger partial charge in [-0.3, -0.25) is 4.79 Å². The maximum absolute atomic E-state index is 10.8. The number of esters is 1. The van der Waals surface area contributed by atoms with Crippen LogP contribution < -0.4 is 0 Å². The summed E-state index contributed by atoms with van der Waals surface area (Å²) < 4.78 is 4.84. The smallest absolute Gasteiger partial charge is 0.307 e. The minimum atomic E-state index is -0.168. The zero-order chi connectivity index (χ0) is 8.15. The second-order valence-electron chi connectivity index (χ2n) is 2.63. The zero-order valence-corrected chi connectivity index (χ0v) is 8.14. The molecule has 0 heterocycles. The van der Waals surface area contributed by atoms with Crippen LogP contribution in [0.4, 0.5) is 0 Å². The summed E-state index contributed by atoms with van der Waals surface area (Å²) in [7, 11) is 0. The molecule has 60 valence electrons. The van der Waals surface area contributed by atoms with E-state index in [0.717, 1.165) is 0 Å². The van der Waals surface area contributed by atoms with Gasteiger partial charge in [0.2, 0.25) is 0 Å². The van der Waals surface area contributed by atoms with E-state index in [2.05, 4.69) is 15.9 Å². The van der Waals surface area contributed by atoms with Crippen LogP contribution >= 0.6 is 15.9 Å². The molecule has 0 radical (unpaired) electrons. The molecule has 2 nitrogen and oxygen atoms in total. The summed E-state index contributed by atoms with van der Waals surface area (Å²) in [6.45, 7) is 5.75. The Bertz CT molecular complexity index is 98.2. The third-order valence-electron chi connectivity index (χ3n) is 0.869. The molecule has 0 aromatic carbocycles. The quantitative estimate of drug-likeness (QED) is 0.526. The standard InChI is InChI=1S/C7H13BrO2/c1-5(2)4-7(9)10-6(3)8/h5-6H,4H2,1-3H3/t6-/m0/s1. The molecule has 0 bridgehead atoms. The Hall–Kier alpha value is -0.0500. The Morgan fingerprint density at radius 2 is 2.00 bits per heavy atom. The second-order valence-corrected chi connectivity index (χ2v) is 3.92. The molecule has 1 atom stereocenters. The molecule has 0 aliphatic heterocycles. The highest BCUT2D eigenvalue weighted by Crippen LogP contribution is 2.06. The summed E-state index contributed by atoms with van der Waals surface area (Å²) in [5.74, 6) is 0.234. The van der Waals surface area contributed by atoms with E-state index >= 15 is 0 Å². The first-order chi connectivity index (χ1) is 4.52. The summed E-state index contributed by atoms with van der Waals surface area (Å²) in [6.07, 6.45) is 0.496. The van der Waals surface area contributed by atoms with Gasteiger partial charge in [0.1, 0.15) is 0 Å². The molecule has 0 aromatic rings. The van der Waals surface area contributed by atoms with Crippen LogP contribution in [0.15, 0.2) is 0 Å². The predicted octanol–water partition coefficient (Wildman–Crippen LogP) is 2.32. The van der Waals surface area contributed by atoms with Crippen LogP contribution in [0.2, 0.25) is 0 Å². The summed E-state index contributed by atoms with van der Waals surface area (Å²) >= 11 is 3.12. The molecule has 0 unspecified atom stereocenters. The van der Waals surface area contributed by atoms with Crippen LogP contribution in [0.25, 0.3) is 0 Å². The summed E-state index contributed by atoms with van der Waals surface area (Å²) in [6, 6.07) is 0. The van der Waals surface area contributed by atoms with E-state index in [1.165, 1.54) is 0 Å². The molecule has 0 aliphatic rings. The van der Waals surface area contributed by atoms with Crippen molar-refractivity contribution in [1.82, 2.24) is 0 Å². The summed E-state index contributed by atoms with van der Waals surface area (Å²) in [5.41, 5.74) is 0. The lowest BCUT2D eigenvalue weighted by Gasteiger charge is -2.07. The van der Waals surface area contributed by atoms with Gasteiger partial charge >= 0.3 is 5.97 Å². The first-order valence-electron chi connectivity index (χ1n) is 3.36. The third-order valence-corrected chi connectivity index (χ3v) is 1.06. The minimum Gasteiger partial charge on any atom is -0.451 e. The fourth-order valence-electron chi connectivity index (χ4n) is 0.563. The Balaban J connectivity index is 3.44. The van der Waals surface area contributed by atoms with Crippen molar-refractivity contribution in [2.45, 2.75) is 32.2 Å². The monoisotopic (exact) mass is 208 g/mol. The number of halogens is 1. The van der Waals surface area contributed by atoms with Gasteiger partial charge in [-0.15, -0.1) is 0 Å². The van der Waals surface area contributed by atoms with Crippen LogP contribution in [0.5, 0.6) is 0 Å².